The van der Waals surface area contributed by atoms with Crippen molar-refractivity contribution < 1.29 is 9.90 Å². The second-order valence-corrected chi connectivity index (χ2v) is 7.61. The summed E-state index contributed by atoms with van der Waals surface area (Å²) in [5.41, 5.74) is 0. The number of halogens is 2. The summed E-state index contributed by atoms with van der Waals surface area (Å²) < 4.78 is 1.14. The Bertz CT molecular complexity index is 416. The van der Waals surface area contributed by atoms with E-state index in [1.165, 1.54) is 11.3 Å². The predicted octanol–water partition coefficient (Wildman–Crippen LogP) is 3.61. The van der Waals surface area contributed by atoms with Crippen LogP contribution in [0.15, 0.2) is 8.26 Å². The molecule has 1 fully saturated rings. The van der Waals surface area contributed by atoms with E-state index in [9.17, 15) is 9.90 Å². The summed E-state index contributed by atoms with van der Waals surface area (Å²) in [5, 5.41) is 11.8. The van der Waals surface area contributed by atoms with Crippen LogP contribution >= 0.6 is 55.0 Å². The second-order valence-electron chi connectivity index (χ2n) is 3.25. The lowest BCUT2D eigenvalue weighted by atomic mass is 10.3. The Morgan fingerprint density at radius 3 is 2.38 bits per heavy atom. The average molecular weight is 386 g/mol. The highest BCUT2D eigenvalue weighted by Crippen LogP contribution is 2.43. The fourth-order valence-electron chi connectivity index (χ4n) is 1.42. The molecule has 1 aliphatic rings. The molecule has 0 bridgehead atoms. The van der Waals surface area contributed by atoms with Crippen LogP contribution in [0, 0.1) is 0 Å². The molecule has 0 N–H and O–H groups in total. The minimum atomic E-state index is -0.208. The van der Waals surface area contributed by atoms with Gasteiger partial charge < -0.3 is 4.90 Å². The number of nitrogens with zero attached hydrogens (tertiary/aromatic N) is 1. The lowest BCUT2D eigenvalue weighted by molar-refractivity contribution is 0.0772. The van der Waals surface area contributed by atoms with Gasteiger partial charge in [-0.15, -0.1) is 11.3 Å². The van der Waals surface area contributed by atoms with Gasteiger partial charge in [-0.05, 0) is 31.9 Å². The molecule has 0 atom stereocenters. The lowest BCUT2D eigenvalue weighted by Gasteiger charge is -2.25. The second kappa shape index (κ2) is 5.29. The normalized spacial score (nSPS) is 16.5. The molecular formula is C9H8Br2NO2S2. The first-order valence-corrected chi connectivity index (χ1v) is 8.19. The van der Waals surface area contributed by atoms with Gasteiger partial charge in [0.1, 0.15) is 4.88 Å². The number of amides is 1. The van der Waals surface area contributed by atoms with Gasteiger partial charge in [0.2, 0.25) is 5.75 Å². The van der Waals surface area contributed by atoms with Gasteiger partial charge in [0.25, 0.3) is 5.91 Å². The van der Waals surface area contributed by atoms with E-state index >= 15 is 0 Å². The zero-order valence-electron chi connectivity index (χ0n) is 8.16. The molecule has 0 aliphatic carbocycles. The number of carbonyl (C=O) groups excluding carboxylic acids is 1. The largest absolute Gasteiger partial charge is 0.336 e. The number of hydrogen-bond acceptors (Lipinski definition) is 3. The topological polar surface area (TPSA) is 40.2 Å². The molecule has 87 valence electrons. The number of hydrogen-bond donors (Lipinski definition) is 0. The molecule has 0 spiro atoms. The Morgan fingerprint density at radius 1 is 1.25 bits per heavy atom. The zero-order chi connectivity index (χ0) is 11.7. The maximum atomic E-state index is 12.1. The van der Waals surface area contributed by atoms with Gasteiger partial charge in [0.05, 0.1) is 8.26 Å². The van der Waals surface area contributed by atoms with Crippen LogP contribution < -0.4 is 0 Å². The Kier molecular flexibility index (Phi) is 4.21. The first kappa shape index (κ1) is 12.7. The number of rotatable bonds is 1. The summed E-state index contributed by atoms with van der Waals surface area (Å²) >= 11 is 9.46. The maximum Gasteiger partial charge on any atom is 0.268 e. The number of carbonyl (C=O) groups is 1. The molecule has 0 saturated carbocycles. The Labute approximate surface area is 118 Å². The van der Waals surface area contributed by atoms with Crippen molar-refractivity contribution >= 4 is 60.9 Å². The first-order valence-electron chi connectivity index (χ1n) is 4.63. The van der Waals surface area contributed by atoms with Crippen molar-refractivity contribution in [1.82, 2.24) is 4.90 Å². The molecule has 1 aromatic heterocycles. The van der Waals surface area contributed by atoms with Crippen molar-refractivity contribution in [2.24, 2.45) is 0 Å². The average Bonchev–Trinajstić information content (AvgIpc) is 2.57. The predicted molar refractivity (Wildman–Crippen MR) is 73.1 cm³/mol. The molecule has 2 rings (SSSR count). The van der Waals surface area contributed by atoms with Gasteiger partial charge in [0.15, 0.2) is 0 Å². The van der Waals surface area contributed by atoms with Crippen molar-refractivity contribution in [2.75, 3.05) is 24.6 Å². The molecule has 1 aliphatic heterocycles. The van der Waals surface area contributed by atoms with Crippen LogP contribution in [0.2, 0.25) is 0 Å². The summed E-state index contributed by atoms with van der Waals surface area (Å²) in [6.45, 7) is 1.46. The van der Waals surface area contributed by atoms with E-state index in [2.05, 4.69) is 31.9 Å². The lowest BCUT2D eigenvalue weighted by Crippen LogP contribution is -2.37. The Morgan fingerprint density at radius 2 is 1.88 bits per heavy atom. The molecule has 7 heteroatoms. The molecule has 1 aromatic rings. The fourth-order valence-corrected chi connectivity index (χ4v) is 4.33. The van der Waals surface area contributed by atoms with Gasteiger partial charge >= 0.3 is 0 Å². The minimum Gasteiger partial charge on any atom is -0.336 e. The van der Waals surface area contributed by atoms with Gasteiger partial charge in [-0.1, -0.05) is 0 Å². The highest BCUT2D eigenvalue weighted by Gasteiger charge is 2.26. The summed E-state index contributed by atoms with van der Waals surface area (Å²) in [6, 6.07) is 0. The monoisotopic (exact) mass is 384 g/mol. The molecule has 0 unspecified atom stereocenters. The highest BCUT2D eigenvalue weighted by molar-refractivity contribution is 9.13. The molecule has 1 amide bonds. The van der Waals surface area contributed by atoms with Crippen LogP contribution in [0.3, 0.4) is 0 Å². The minimum absolute atomic E-state index is 0.137. The van der Waals surface area contributed by atoms with Crippen molar-refractivity contribution in [2.45, 2.75) is 0 Å². The third-order valence-corrected chi connectivity index (χ3v) is 6.59. The van der Waals surface area contributed by atoms with Crippen molar-refractivity contribution in [3.8, 4) is 5.75 Å². The van der Waals surface area contributed by atoms with E-state index in [1.54, 1.807) is 4.90 Å². The van der Waals surface area contributed by atoms with Crippen LogP contribution in [-0.4, -0.2) is 35.4 Å². The summed E-state index contributed by atoms with van der Waals surface area (Å²) in [5.74, 6) is 1.56. The zero-order valence-corrected chi connectivity index (χ0v) is 13.0. The smallest absolute Gasteiger partial charge is 0.268 e. The molecule has 3 nitrogen and oxygen atoms in total. The Hall–Kier alpha value is 0.280. The van der Waals surface area contributed by atoms with E-state index in [0.29, 0.717) is 13.1 Å². The van der Waals surface area contributed by atoms with E-state index in [-0.39, 0.29) is 11.7 Å². The van der Waals surface area contributed by atoms with E-state index < -0.39 is 0 Å². The van der Waals surface area contributed by atoms with Gasteiger partial charge in [0, 0.05) is 24.6 Å². The molecule has 16 heavy (non-hydrogen) atoms. The summed E-state index contributed by atoms with van der Waals surface area (Å²) in [6.07, 6.45) is 0. The van der Waals surface area contributed by atoms with E-state index in [4.69, 9.17) is 0 Å². The van der Waals surface area contributed by atoms with Crippen molar-refractivity contribution in [3.63, 3.8) is 0 Å². The molecule has 1 saturated heterocycles. The maximum absolute atomic E-state index is 12.1. The number of thioether (sulfide) groups is 1. The highest BCUT2D eigenvalue weighted by atomic mass is 79.9. The SMILES string of the molecule is [O]c1c(C(=O)N2CCSCC2)sc(Br)c1Br. The van der Waals surface area contributed by atoms with Crippen LogP contribution in [0.1, 0.15) is 9.67 Å². The van der Waals surface area contributed by atoms with Crippen LogP contribution in [0.4, 0.5) is 0 Å². The van der Waals surface area contributed by atoms with Gasteiger partial charge in [-0.2, -0.15) is 11.8 Å². The van der Waals surface area contributed by atoms with Crippen molar-refractivity contribution in [3.05, 3.63) is 13.1 Å². The van der Waals surface area contributed by atoms with Crippen LogP contribution in [0.5, 0.6) is 5.75 Å². The molecule has 2 heterocycles. The van der Waals surface area contributed by atoms with Crippen LogP contribution in [0.25, 0.3) is 0 Å². The van der Waals surface area contributed by atoms with E-state index in [0.717, 1.165) is 24.6 Å². The summed E-state index contributed by atoms with van der Waals surface area (Å²) in [7, 11) is 0. The Balaban J connectivity index is 2.22. The first-order chi connectivity index (χ1) is 7.61. The van der Waals surface area contributed by atoms with Gasteiger partial charge in [-0.25, -0.2) is 0 Å². The fraction of sp³-hybridized carbons (Fsp3) is 0.444. The van der Waals surface area contributed by atoms with Crippen molar-refractivity contribution in [1.29, 1.82) is 0 Å². The van der Waals surface area contributed by atoms with Crippen LogP contribution in [-0.2, 0) is 5.11 Å². The standard InChI is InChI=1S/C9H8Br2NO2S2/c10-5-6(13)7(16-8(5)11)9(14)12-1-3-15-4-2-12/h1-4H2. The van der Waals surface area contributed by atoms with Gasteiger partial charge in [-0.3, -0.25) is 9.90 Å². The van der Waals surface area contributed by atoms with E-state index in [1.807, 2.05) is 11.8 Å². The number of thiophene rings is 1. The third-order valence-electron chi connectivity index (χ3n) is 2.26. The molecule has 1 radical (unpaired) electrons. The third kappa shape index (κ3) is 2.42. The molecular weight excluding hydrogens is 378 g/mol. The quantitative estimate of drug-likeness (QED) is 0.740. The summed E-state index contributed by atoms with van der Waals surface area (Å²) in [4.78, 5) is 14.1. The molecule has 0 aromatic carbocycles.